The molecule has 0 bridgehead atoms. The van der Waals surface area contributed by atoms with E-state index in [2.05, 4.69) is 32.2 Å². The number of carbonyl (C=O) groups excluding carboxylic acids is 1. The lowest BCUT2D eigenvalue weighted by Crippen LogP contribution is -2.09. The molecule has 4 rings (SSSR count). The van der Waals surface area contributed by atoms with Crippen LogP contribution in [0.2, 0.25) is 5.02 Å². The summed E-state index contributed by atoms with van der Waals surface area (Å²) in [5.74, 6) is 1.18. The number of fused-ring (bicyclic) bond motifs is 1. The summed E-state index contributed by atoms with van der Waals surface area (Å²) in [4.78, 5) is 25.4. The molecule has 9 heteroatoms. The molecule has 2 N–H and O–H groups in total. The number of rotatable bonds is 7. The second-order valence-corrected chi connectivity index (χ2v) is 7.58. The van der Waals surface area contributed by atoms with Crippen LogP contribution in [0.1, 0.15) is 4.88 Å². The van der Waals surface area contributed by atoms with E-state index in [9.17, 15) is 4.79 Å². The first-order chi connectivity index (χ1) is 14.6. The molecular weight excluding hydrogens is 422 g/mol. The van der Waals surface area contributed by atoms with Gasteiger partial charge in [-0.3, -0.25) is 4.79 Å². The fraction of sp³-hybridized carbons (Fsp3) is 0.0476. The van der Waals surface area contributed by atoms with Crippen LogP contribution in [0.3, 0.4) is 0 Å². The zero-order valence-electron chi connectivity index (χ0n) is 15.6. The summed E-state index contributed by atoms with van der Waals surface area (Å²) in [6.07, 6.45) is 4.18. The molecule has 150 valence electrons. The second kappa shape index (κ2) is 8.89. The van der Waals surface area contributed by atoms with Gasteiger partial charge in [0.1, 0.15) is 30.3 Å². The summed E-state index contributed by atoms with van der Waals surface area (Å²) in [5, 5.41) is 9.04. The molecule has 0 atom stereocenters. The number of carbonyl (C=O) groups is 1. The molecule has 30 heavy (non-hydrogen) atoms. The normalized spacial score (nSPS) is 10.6. The van der Waals surface area contributed by atoms with E-state index in [0.717, 1.165) is 10.6 Å². The molecule has 0 saturated carbocycles. The van der Waals surface area contributed by atoms with Crippen LogP contribution < -0.4 is 15.4 Å². The summed E-state index contributed by atoms with van der Waals surface area (Å²) in [5.41, 5.74) is 1.36. The van der Waals surface area contributed by atoms with Gasteiger partial charge >= 0.3 is 0 Å². The van der Waals surface area contributed by atoms with Crippen molar-refractivity contribution in [1.29, 1.82) is 0 Å². The highest BCUT2D eigenvalue weighted by Gasteiger charge is 2.10. The molecule has 0 unspecified atom stereocenters. The van der Waals surface area contributed by atoms with Crippen LogP contribution in [0, 0.1) is 0 Å². The minimum atomic E-state index is -0.349. The Morgan fingerprint density at radius 3 is 2.90 bits per heavy atom. The highest BCUT2D eigenvalue weighted by atomic mass is 35.5. The lowest BCUT2D eigenvalue weighted by atomic mass is 10.2. The molecule has 4 aromatic rings. The number of ether oxygens (including phenoxy) is 1. The van der Waals surface area contributed by atoms with E-state index in [4.69, 9.17) is 16.3 Å². The van der Waals surface area contributed by atoms with E-state index in [0.29, 0.717) is 39.9 Å². The average molecular weight is 438 g/mol. The first-order valence-electron chi connectivity index (χ1n) is 8.88. The van der Waals surface area contributed by atoms with Crippen LogP contribution >= 0.6 is 22.9 Å². The van der Waals surface area contributed by atoms with E-state index < -0.39 is 0 Å². The third-order valence-electron chi connectivity index (χ3n) is 4.10. The predicted octanol–water partition coefficient (Wildman–Crippen LogP) is 5.19. The van der Waals surface area contributed by atoms with Crippen LogP contribution in [-0.2, 0) is 11.4 Å². The summed E-state index contributed by atoms with van der Waals surface area (Å²) < 4.78 is 5.79. The molecule has 1 amide bonds. The summed E-state index contributed by atoms with van der Waals surface area (Å²) in [6, 6.07) is 11.1. The van der Waals surface area contributed by atoms with E-state index in [1.54, 1.807) is 35.7 Å². The second-order valence-electron chi connectivity index (χ2n) is 6.14. The number of anilines is 3. The maximum Gasteiger partial charge on any atom is 0.248 e. The number of nitrogens with one attached hydrogen (secondary N) is 2. The maximum atomic E-state index is 11.5. The third-order valence-corrected chi connectivity index (χ3v) is 5.25. The lowest BCUT2D eigenvalue weighted by Gasteiger charge is -2.12. The minimum absolute atomic E-state index is 0.349. The predicted molar refractivity (Wildman–Crippen MR) is 120 cm³/mol. The van der Waals surface area contributed by atoms with Gasteiger partial charge in [-0.25, -0.2) is 15.0 Å². The monoisotopic (exact) mass is 437 g/mol. The fourth-order valence-electron chi connectivity index (χ4n) is 2.68. The molecule has 3 aromatic heterocycles. The molecule has 0 aliphatic heterocycles. The van der Waals surface area contributed by atoms with Crippen molar-refractivity contribution in [3.8, 4) is 5.75 Å². The van der Waals surface area contributed by atoms with Gasteiger partial charge in [0.2, 0.25) is 5.91 Å². The molecule has 3 heterocycles. The molecule has 7 nitrogen and oxygen atoms in total. The highest BCUT2D eigenvalue weighted by Crippen LogP contribution is 2.31. The molecule has 0 radical (unpaired) electrons. The molecular formula is C21H16ClN5O2S. The first kappa shape index (κ1) is 19.8. The molecule has 0 aliphatic carbocycles. The van der Waals surface area contributed by atoms with Crippen LogP contribution in [0.15, 0.2) is 67.0 Å². The van der Waals surface area contributed by atoms with Crippen LogP contribution in [0.25, 0.3) is 10.9 Å². The number of pyridine rings is 1. The topological polar surface area (TPSA) is 89.0 Å². The lowest BCUT2D eigenvalue weighted by molar-refractivity contribution is -0.111. The Kier molecular flexibility index (Phi) is 5.87. The number of nitrogens with zero attached hydrogens (tertiary/aromatic N) is 3. The minimum Gasteiger partial charge on any atom is -0.487 e. The fourth-order valence-corrected chi connectivity index (χ4v) is 3.53. The van der Waals surface area contributed by atoms with Gasteiger partial charge in [0.05, 0.1) is 16.7 Å². The van der Waals surface area contributed by atoms with Gasteiger partial charge in [-0.2, -0.15) is 0 Å². The number of thiophene rings is 1. The van der Waals surface area contributed by atoms with Crippen molar-refractivity contribution in [1.82, 2.24) is 15.0 Å². The van der Waals surface area contributed by atoms with Gasteiger partial charge in [-0.05, 0) is 41.8 Å². The number of amides is 1. The number of benzene rings is 1. The Morgan fingerprint density at radius 2 is 2.13 bits per heavy atom. The van der Waals surface area contributed by atoms with Crippen molar-refractivity contribution in [3.05, 3.63) is 76.9 Å². The highest BCUT2D eigenvalue weighted by molar-refractivity contribution is 7.09. The van der Waals surface area contributed by atoms with Crippen molar-refractivity contribution in [2.75, 3.05) is 10.6 Å². The molecule has 1 aromatic carbocycles. The Morgan fingerprint density at radius 1 is 1.23 bits per heavy atom. The van der Waals surface area contributed by atoms with Gasteiger partial charge in [-0.1, -0.05) is 24.2 Å². The van der Waals surface area contributed by atoms with Crippen molar-refractivity contribution in [2.24, 2.45) is 0 Å². The quantitative estimate of drug-likeness (QED) is 0.387. The van der Waals surface area contributed by atoms with Crippen molar-refractivity contribution >= 4 is 57.1 Å². The summed E-state index contributed by atoms with van der Waals surface area (Å²) >= 11 is 8.02. The van der Waals surface area contributed by atoms with Gasteiger partial charge in [-0.15, -0.1) is 11.3 Å². The smallest absolute Gasteiger partial charge is 0.248 e. The number of hydrogen-bond donors (Lipinski definition) is 2. The zero-order chi connectivity index (χ0) is 20.9. The van der Waals surface area contributed by atoms with Crippen molar-refractivity contribution in [3.63, 3.8) is 0 Å². The van der Waals surface area contributed by atoms with Crippen molar-refractivity contribution in [2.45, 2.75) is 6.61 Å². The number of hydrogen-bond acceptors (Lipinski definition) is 7. The van der Waals surface area contributed by atoms with E-state index in [1.807, 2.05) is 23.6 Å². The maximum absolute atomic E-state index is 11.5. The molecule has 0 spiro atoms. The molecule has 0 aliphatic rings. The molecule has 0 fully saturated rings. The van der Waals surface area contributed by atoms with Gasteiger partial charge in [0.15, 0.2) is 0 Å². The van der Waals surface area contributed by atoms with E-state index in [1.165, 1.54) is 12.4 Å². The Bertz CT molecular complexity index is 1210. The number of aromatic nitrogens is 3. The largest absolute Gasteiger partial charge is 0.487 e. The number of halogens is 1. The van der Waals surface area contributed by atoms with Gasteiger partial charge in [0, 0.05) is 16.0 Å². The van der Waals surface area contributed by atoms with Crippen LogP contribution in [-0.4, -0.2) is 20.9 Å². The third kappa shape index (κ3) is 4.56. The first-order valence-corrected chi connectivity index (χ1v) is 10.1. The van der Waals surface area contributed by atoms with E-state index >= 15 is 0 Å². The van der Waals surface area contributed by atoms with Gasteiger partial charge in [0.25, 0.3) is 0 Å². The van der Waals surface area contributed by atoms with Crippen LogP contribution in [0.5, 0.6) is 5.75 Å². The summed E-state index contributed by atoms with van der Waals surface area (Å²) in [7, 11) is 0. The SMILES string of the molecule is C=CC(=O)Nc1cc2c(Nc3ccc(OCc4cccs4)c(Cl)c3)ncnc2cn1. The zero-order valence-corrected chi connectivity index (χ0v) is 17.2. The Labute approximate surface area is 181 Å². The standard InChI is InChI=1S/C21H16ClN5O2S/c1-2-20(28)27-19-9-15-17(10-23-19)24-12-25-21(15)26-13-5-6-18(16(22)8-13)29-11-14-4-3-7-30-14/h2-10,12H,1,11H2,(H,23,27,28)(H,24,25,26). The van der Waals surface area contributed by atoms with E-state index in [-0.39, 0.29) is 5.91 Å². The van der Waals surface area contributed by atoms with Crippen molar-refractivity contribution < 1.29 is 9.53 Å². The Hall–Kier alpha value is -3.49. The summed E-state index contributed by atoms with van der Waals surface area (Å²) in [6.45, 7) is 3.90. The molecule has 0 saturated heterocycles. The van der Waals surface area contributed by atoms with Crippen LogP contribution in [0.4, 0.5) is 17.3 Å². The average Bonchev–Trinajstić information content (AvgIpc) is 3.27. The Balaban J connectivity index is 1.55. The van der Waals surface area contributed by atoms with Gasteiger partial charge < -0.3 is 15.4 Å².